The highest BCUT2D eigenvalue weighted by Gasteiger charge is 1.98. The molecule has 0 amide bonds. The third kappa shape index (κ3) is 3.90. The molecule has 80 valence electrons. The summed E-state index contributed by atoms with van der Waals surface area (Å²) >= 11 is 0. The van der Waals surface area contributed by atoms with Gasteiger partial charge in [0.15, 0.2) is 0 Å². The van der Waals surface area contributed by atoms with Crippen molar-refractivity contribution in [3.8, 4) is 0 Å². The van der Waals surface area contributed by atoms with Gasteiger partial charge in [0, 0.05) is 12.7 Å². The molecule has 1 rings (SSSR count). The fraction of sp³-hybridized carbons (Fsp3) is 0.818. The second-order valence-corrected chi connectivity index (χ2v) is 3.78. The van der Waals surface area contributed by atoms with E-state index in [1.807, 2.05) is 4.68 Å². The Morgan fingerprint density at radius 1 is 1.14 bits per heavy atom. The molecule has 1 aromatic heterocycles. The summed E-state index contributed by atoms with van der Waals surface area (Å²) in [5.74, 6) is 0. The van der Waals surface area contributed by atoms with Crippen molar-refractivity contribution >= 4 is 0 Å². The van der Waals surface area contributed by atoms with Gasteiger partial charge in [0.2, 0.25) is 0 Å². The van der Waals surface area contributed by atoms with E-state index in [2.05, 4.69) is 30.4 Å². The molecule has 0 aliphatic rings. The molecule has 0 fully saturated rings. The smallest absolute Gasteiger partial charge is 0.0827 e. The van der Waals surface area contributed by atoms with Gasteiger partial charge in [0.1, 0.15) is 0 Å². The molecule has 1 heterocycles. The maximum atomic E-state index is 4.12. The number of hydrogen-bond acceptors (Lipinski definition) is 2. The van der Waals surface area contributed by atoms with Gasteiger partial charge in [-0.3, -0.25) is 4.68 Å². The minimum Gasteiger partial charge on any atom is -0.252 e. The van der Waals surface area contributed by atoms with Crippen molar-refractivity contribution in [3.63, 3.8) is 0 Å². The minimum atomic E-state index is 1.02. The van der Waals surface area contributed by atoms with Crippen LogP contribution in [0.25, 0.3) is 0 Å². The van der Waals surface area contributed by atoms with Gasteiger partial charge < -0.3 is 0 Å². The largest absolute Gasteiger partial charge is 0.252 e. The number of rotatable bonds is 7. The van der Waals surface area contributed by atoms with Crippen molar-refractivity contribution in [1.82, 2.24) is 15.0 Å². The van der Waals surface area contributed by atoms with Gasteiger partial charge >= 0.3 is 0 Å². The summed E-state index contributed by atoms with van der Waals surface area (Å²) in [6, 6.07) is 0. The quantitative estimate of drug-likeness (QED) is 0.626. The second kappa shape index (κ2) is 6.57. The molecule has 0 aliphatic carbocycles. The number of aryl methyl sites for hydroxylation is 2. The van der Waals surface area contributed by atoms with Crippen molar-refractivity contribution in [2.24, 2.45) is 0 Å². The van der Waals surface area contributed by atoms with Crippen molar-refractivity contribution in [2.75, 3.05) is 0 Å². The molecule has 0 radical (unpaired) electrons. The summed E-state index contributed by atoms with van der Waals surface area (Å²) in [5, 5.41) is 8.22. The van der Waals surface area contributed by atoms with Crippen LogP contribution in [0.4, 0.5) is 0 Å². The number of hydrogen-bond donors (Lipinski definition) is 0. The summed E-state index contributed by atoms with van der Waals surface area (Å²) in [7, 11) is 0. The van der Waals surface area contributed by atoms with Gasteiger partial charge in [-0.2, -0.15) is 0 Å². The van der Waals surface area contributed by atoms with Crippen LogP contribution in [0.1, 0.15) is 51.6 Å². The van der Waals surface area contributed by atoms with E-state index in [0.717, 1.165) is 25.1 Å². The molecule has 0 saturated heterocycles. The van der Waals surface area contributed by atoms with Gasteiger partial charge in [0.25, 0.3) is 0 Å². The average molecular weight is 195 g/mol. The zero-order valence-electron chi connectivity index (χ0n) is 9.37. The third-order valence-electron chi connectivity index (χ3n) is 2.33. The summed E-state index contributed by atoms with van der Waals surface area (Å²) in [4.78, 5) is 0. The Bertz CT molecular complexity index is 242. The molecular formula is C11H21N3. The highest BCUT2D eigenvalue weighted by atomic mass is 15.4. The van der Waals surface area contributed by atoms with E-state index < -0.39 is 0 Å². The Morgan fingerprint density at radius 3 is 2.71 bits per heavy atom. The summed E-state index contributed by atoms with van der Waals surface area (Å²) < 4.78 is 1.97. The van der Waals surface area contributed by atoms with Crippen LogP contribution in [0, 0.1) is 0 Å². The first kappa shape index (κ1) is 11.2. The SMILES string of the molecule is CCCCCCn1cc(CCC)nn1. The molecule has 14 heavy (non-hydrogen) atoms. The normalized spacial score (nSPS) is 10.7. The Hall–Kier alpha value is -0.860. The number of unbranched alkanes of at least 4 members (excludes halogenated alkanes) is 3. The number of nitrogens with zero attached hydrogens (tertiary/aromatic N) is 3. The van der Waals surface area contributed by atoms with Crippen molar-refractivity contribution in [1.29, 1.82) is 0 Å². The summed E-state index contributed by atoms with van der Waals surface area (Å²) in [5.41, 5.74) is 1.13. The first-order valence-corrected chi connectivity index (χ1v) is 5.75. The van der Waals surface area contributed by atoms with Crippen LogP contribution in [0.5, 0.6) is 0 Å². The lowest BCUT2D eigenvalue weighted by molar-refractivity contribution is 0.527. The number of aromatic nitrogens is 3. The molecule has 0 spiro atoms. The lowest BCUT2D eigenvalue weighted by Gasteiger charge is -1.98. The zero-order valence-corrected chi connectivity index (χ0v) is 9.37. The predicted octanol–water partition coefficient (Wildman–Crippen LogP) is 2.81. The fourth-order valence-corrected chi connectivity index (χ4v) is 1.52. The van der Waals surface area contributed by atoms with Gasteiger partial charge in [-0.15, -0.1) is 5.10 Å². The maximum Gasteiger partial charge on any atom is 0.0827 e. The van der Waals surface area contributed by atoms with Crippen LogP contribution in [0.2, 0.25) is 0 Å². The van der Waals surface area contributed by atoms with Crippen molar-refractivity contribution < 1.29 is 0 Å². The van der Waals surface area contributed by atoms with E-state index in [1.165, 1.54) is 25.7 Å². The van der Waals surface area contributed by atoms with Gasteiger partial charge in [-0.05, 0) is 12.8 Å². The topological polar surface area (TPSA) is 30.7 Å². The van der Waals surface area contributed by atoms with Gasteiger partial charge in [0.05, 0.1) is 5.69 Å². The fourth-order valence-electron chi connectivity index (χ4n) is 1.52. The van der Waals surface area contributed by atoms with Crippen LogP contribution < -0.4 is 0 Å². The Labute approximate surface area is 86.5 Å². The molecule has 0 aliphatic heterocycles. The first-order chi connectivity index (χ1) is 6.86. The van der Waals surface area contributed by atoms with Crippen molar-refractivity contribution in [3.05, 3.63) is 11.9 Å². The van der Waals surface area contributed by atoms with E-state index in [4.69, 9.17) is 0 Å². The first-order valence-electron chi connectivity index (χ1n) is 5.75. The predicted molar refractivity (Wildman–Crippen MR) is 58.2 cm³/mol. The van der Waals surface area contributed by atoms with Gasteiger partial charge in [-0.25, -0.2) is 0 Å². The van der Waals surface area contributed by atoms with Crippen LogP contribution in [0.15, 0.2) is 6.20 Å². The molecule has 3 heteroatoms. The molecule has 1 aromatic rings. The Morgan fingerprint density at radius 2 is 2.00 bits per heavy atom. The Kier molecular flexibility index (Phi) is 5.27. The van der Waals surface area contributed by atoms with E-state index in [9.17, 15) is 0 Å². The monoisotopic (exact) mass is 195 g/mol. The molecular weight excluding hydrogens is 174 g/mol. The molecule has 0 unspecified atom stereocenters. The maximum absolute atomic E-state index is 4.12. The van der Waals surface area contributed by atoms with E-state index in [1.54, 1.807) is 0 Å². The lowest BCUT2D eigenvalue weighted by atomic mass is 10.2. The highest BCUT2D eigenvalue weighted by molar-refractivity contribution is 4.91. The van der Waals surface area contributed by atoms with Gasteiger partial charge in [-0.1, -0.05) is 44.7 Å². The standard InChI is InChI=1S/C11H21N3/c1-3-5-6-7-9-14-10-11(8-4-2)12-13-14/h10H,3-9H2,1-2H3. The summed E-state index contributed by atoms with van der Waals surface area (Å²) in [6.07, 6.45) is 9.43. The summed E-state index contributed by atoms with van der Waals surface area (Å²) in [6.45, 7) is 5.42. The third-order valence-corrected chi connectivity index (χ3v) is 2.33. The van der Waals surface area contributed by atoms with E-state index in [-0.39, 0.29) is 0 Å². The van der Waals surface area contributed by atoms with Crippen LogP contribution in [-0.4, -0.2) is 15.0 Å². The lowest BCUT2D eigenvalue weighted by Crippen LogP contribution is -1.98. The molecule has 0 bridgehead atoms. The second-order valence-electron chi connectivity index (χ2n) is 3.78. The molecule has 0 N–H and O–H groups in total. The van der Waals surface area contributed by atoms with Crippen LogP contribution >= 0.6 is 0 Å². The van der Waals surface area contributed by atoms with Crippen molar-refractivity contribution in [2.45, 2.75) is 58.9 Å². The van der Waals surface area contributed by atoms with E-state index in [0.29, 0.717) is 0 Å². The Balaban J connectivity index is 2.22. The van der Waals surface area contributed by atoms with Crippen LogP contribution in [-0.2, 0) is 13.0 Å². The molecule has 0 atom stereocenters. The molecule has 3 nitrogen and oxygen atoms in total. The molecule has 0 aromatic carbocycles. The molecule has 0 saturated carbocycles. The van der Waals surface area contributed by atoms with E-state index >= 15 is 0 Å². The van der Waals surface area contributed by atoms with Crippen LogP contribution in [0.3, 0.4) is 0 Å². The highest BCUT2D eigenvalue weighted by Crippen LogP contribution is 2.02. The average Bonchev–Trinajstić information content (AvgIpc) is 2.61. The zero-order chi connectivity index (χ0) is 10.2. The minimum absolute atomic E-state index is 1.02.